The standard InChI is InChI=1S/C15H24N2O2S/c1-15(2)10-5-4-9-13(15)17-11-7-6-8-12(14(11)16)20(3,18)19/h6-8,13,17H,4-5,9-10,16H2,1-3H3. The average molecular weight is 296 g/mol. The maximum absolute atomic E-state index is 11.7. The highest BCUT2D eigenvalue weighted by atomic mass is 32.2. The van der Waals surface area contributed by atoms with E-state index in [9.17, 15) is 8.42 Å². The van der Waals surface area contributed by atoms with Crippen molar-refractivity contribution in [1.82, 2.24) is 0 Å². The van der Waals surface area contributed by atoms with Crippen molar-refractivity contribution in [3.63, 3.8) is 0 Å². The molecule has 0 bridgehead atoms. The molecule has 1 fully saturated rings. The minimum absolute atomic E-state index is 0.200. The third-order valence-electron chi connectivity index (χ3n) is 4.30. The molecule has 2 rings (SSSR count). The Morgan fingerprint density at radius 2 is 2.00 bits per heavy atom. The molecule has 0 radical (unpaired) electrons. The molecule has 1 unspecified atom stereocenters. The third-order valence-corrected chi connectivity index (χ3v) is 5.46. The van der Waals surface area contributed by atoms with Crippen LogP contribution in [-0.4, -0.2) is 20.7 Å². The number of rotatable bonds is 3. The molecule has 0 aliphatic heterocycles. The molecule has 1 aliphatic rings. The van der Waals surface area contributed by atoms with Crippen molar-refractivity contribution < 1.29 is 8.42 Å². The highest BCUT2D eigenvalue weighted by Gasteiger charge is 2.32. The second kappa shape index (κ2) is 5.28. The molecule has 5 heteroatoms. The van der Waals surface area contributed by atoms with Gasteiger partial charge in [-0.15, -0.1) is 0 Å². The van der Waals surface area contributed by atoms with Gasteiger partial charge in [0.1, 0.15) is 0 Å². The number of nitrogens with two attached hydrogens (primary N) is 1. The number of sulfone groups is 1. The molecule has 1 aromatic rings. The molecule has 1 atom stereocenters. The highest BCUT2D eigenvalue weighted by Crippen LogP contribution is 2.38. The summed E-state index contributed by atoms with van der Waals surface area (Å²) in [5, 5.41) is 3.46. The predicted molar refractivity (Wildman–Crippen MR) is 83.6 cm³/mol. The van der Waals surface area contributed by atoms with E-state index in [2.05, 4.69) is 19.2 Å². The van der Waals surface area contributed by atoms with Crippen molar-refractivity contribution in [2.45, 2.75) is 50.5 Å². The van der Waals surface area contributed by atoms with Crippen molar-refractivity contribution >= 4 is 21.2 Å². The van der Waals surface area contributed by atoms with Crippen molar-refractivity contribution in [1.29, 1.82) is 0 Å². The first kappa shape index (κ1) is 15.2. The van der Waals surface area contributed by atoms with Gasteiger partial charge in [0.05, 0.1) is 16.3 Å². The average Bonchev–Trinajstić information content (AvgIpc) is 2.32. The summed E-state index contributed by atoms with van der Waals surface area (Å²) in [7, 11) is -3.29. The largest absolute Gasteiger partial charge is 0.396 e. The topological polar surface area (TPSA) is 72.2 Å². The summed E-state index contributed by atoms with van der Waals surface area (Å²) < 4.78 is 23.4. The number of anilines is 2. The van der Waals surface area contributed by atoms with Crippen LogP contribution in [0.3, 0.4) is 0 Å². The molecule has 4 nitrogen and oxygen atoms in total. The van der Waals surface area contributed by atoms with E-state index in [1.54, 1.807) is 12.1 Å². The normalized spacial score (nSPS) is 22.4. The predicted octanol–water partition coefficient (Wildman–Crippen LogP) is 3.05. The Kier molecular flexibility index (Phi) is 4.00. The van der Waals surface area contributed by atoms with E-state index in [1.807, 2.05) is 6.07 Å². The van der Waals surface area contributed by atoms with E-state index in [1.165, 1.54) is 25.5 Å². The number of hydrogen-bond donors (Lipinski definition) is 2. The number of benzene rings is 1. The third kappa shape index (κ3) is 3.08. The van der Waals surface area contributed by atoms with Crippen molar-refractivity contribution in [3.8, 4) is 0 Å². The van der Waals surface area contributed by atoms with Gasteiger partial charge in [-0.2, -0.15) is 0 Å². The van der Waals surface area contributed by atoms with Crippen molar-refractivity contribution in [2.75, 3.05) is 17.3 Å². The Morgan fingerprint density at radius 1 is 1.30 bits per heavy atom. The van der Waals surface area contributed by atoms with E-state index in [0.29, 0.717) is 11.7 Å². The van der Waals surface area contributed by atoms with Crippen LogP contribution < -0.4 is 11.1 Å². The first-order chi connectivity index (χ1) is 9.22. The monoisotopic (exact) mass is 296 g/mol. The second-order valence-electron chi connectivity index (χ2n) is 6.42. The molecule has 0 amide bonds. The zero-order valence-electron chi connectivity index (χ0n) is 12.4. The molecule has 0 spiro atoms. The lowest BCUT2D eigenvalue weighted by Crippen LogP contribution is -2.39. The lowest BCUT2D eigenvalue weighted by atomic mass is 9.73. The van der Waals surface area contributed by atoms with Gasteiger partial charge in [0.2, 0.25) is 0 Å². The molecule has 3 N–H and O–H groups in total. The summed E-state index contributed by atoms with van der Waals surface area (Å²) in [6.45, 7) is 4.50. The van der Waals surface area contributed by atoms with Crippen molar-refractivity contribution in [2.24, 2.45) is 5.41 Å². The molecular weight excluding hydrogens is 272 g/mol. The Morgan fingerprint density at radius 3 is 2.60 bits per heavy atom. The van der Waals surface area contributed by atoms with Gasteiger partial charge in [-0.3, -0.25) is 0 Å². The van der Waals surface area contributed by atoms with E-state index in [-0.39, 0.29) is 10.3 Å². The minimum atomic E-state index is -3.29. The smallest absolute Gasteiger partial charge is 0.177 e. The van der Waals surface area contributed by atoms with Gasteiger partial charge in [-0.05, 0) is 30.4 Å². The Labute approximate surface area is 121 Å². The number of nitrogens with one attached hydrogen (secondary N) is 1. The molecule has 0 saturated heterocycles. The summed E-state index contributed by atoms with van der Waals surface area (Å²) in [5.41, 5.74) is 7.29. The first-order valence-corrected chi connectivity index (χ1v) is 8.96. The number of hydrogen-bond acceptors (Lipinski definition) is 4. The van der Waals surface area contributed by atoms with Crippen LogP contribution in [0.15, 0.2) is 23.1 Å². The summed E-state index contributed by atoms with van der Waals surface area (Å²) in [5.74, 6) is 0. The summed E-state index contributed by atoms with van der Waals surface area (Å²) in [6.07, 6.45) is 5.91. The summed E-state index contributed by atoms with van der Waals surface area (Å²) >= 11 is 0. The molecule has 1 aromatic carbocycles. The number of para-hydroxylation sites is 1. The van der Waals surface area contributed by atoms with Crippen molar-refractivity contribution in [3.05, 3.63) is 18.2 Å². The van der Waals surface area contributed by atoms with Gasteiger partial charge in [-0.1, -0.05) is 32.8 Å². The fraction of sp³-hybridized carbons (Fsp3) is 0.600. The van der Waals surface area contributed by atoms with Gasteiger partial charge in [0.25, 0.3) is 0 Å². The molecule has 1 aliphatic carbocycles. The molecule has 0 heterocycles. The molecular formula is C15H24N2O2S. The van der Waals surface area contributed by atoms with E-state index < -0.39 is 9.84 Å². The maximum atomic E-state index is 11.7. The Hall–Kier alpha value is -1.23. The van der Waals surface area contributed by atoms with Gasteiger partial charge in [0.15, 0.2) is 9.84 Å². The Balaban J connectivity index is 2.31. The lowest BCUT2D eigenvalue weighted by Gasteiger charge is -2.40. The van der Waals surface area contributed by atoms with Gasteiger partial charge in [-0.25, -0.2) is 8.42 Å². The van der Waals surface area contributed by atoms with Crippen LogP contribution in [0, 0.1) is 5.41 Å². The Bertz CT molecular complexity index is 594. The van der Waals surface area contributed by atoms with Crippen LogP contribution in [-0.2, 0) is 9.84 Å². The molecule has 0 aromatic heterocycles. The summed E-state index contributed by atoms with van der Waals surface area (Å²) in [6, 6.07) is 5.48. The van der Waals surface area contributed by atoms with Crippen LogP contribution in [0.25, 0.3) is 0 Å². The quantitative estimate of drug-likeness (QED) is 0.841. The minimum Gasteiger partial charge on any atom is -0.396 e. The van der Waals surface area contributed by atoms with Crippen LogP contribution in [0.5, 0.6) is 0 Å². The van der Waals surface area contributed by atoms with Crippen LogP contribution in [0.4, 0.5) is 11.4 Å². The van der Waals surface area contributed by atoms with Crippen LogP contribution >= 0.6 is 0 Å². The van der Waals surface area contributed by atoms with E-state index in [0.717, 1.165) is 12.1 Å². The lowest BCUT2D eigenvalue weighted by molar-refractivity contribution is 0.217. The molecule has 112 valence electrons. The highest BCUT2D eigenvalue weighted by molar-refractivity contribution is 7.90. The zero-order valence-corrected chi connectivity index (χ0v) is 13.3. The van der Waals surface area contributed by atoms with Crippen LogP contribution in [0.2, 0.25) is 0 Å². The SMILES string of the molecule is CC1(C)CCCCC1Nc1cccc(S(C)(=O)=O)c1N. The molecule has 1 saturated carbocycles. The first-order valence-electron chi connectivity index (χ1n) is 7.07. The zero-order chi connectivity index (χ0) is 15.0. The number of nitrogen functional groups attached to an aromatic ring is 1. The summed E-state index contributed by atoms with van der Waals surface area (Å²) in [4.78, 5) is 0.205. The van der Waals surface area contributed by atoms with E-state index in [4.69, 9.17) is 5.73 Å². The van der Waals surface area contributed by atoms with Gasteiger partial charge >= 0.3 is 0 Å². The molecule has 20 heavy (non-hydrogen) atoms. The van der Waals surface area contributed by atoms with E-state index >= 15 is 0 Å². The fourth-order valence-corrected chi connectivity index (χ4v) is 3.78. The second-order valence-corrected chi connectivity index (χ2v) is 8.40. The maximum Gasteiger partial charge on any atom is 0.177 e. The van der Waals surface area contributed by atoms with Gasteiger partial charge < -0.3 is 11.1 Å². The fourth-order valence-electron chi connectivity index (χ4n) is 2.94. The van der Waals surface area contributed by atoms with Gasteiger partial charge in [0, 0.05) is 12.3 Å². The van der Waals surface area contributed by atoms with Crippen LogP contribution in [0.1, 0.15) is 39.5 Å².